The molecule has 29 heavy (non-hydrogen) atoms. The summed E-state index contributed by atoms with van der Waals surface area (Å²) < 4.78 is 51.2. The van der Waals surface area contributed by atoms with E-state index in [4.69, 9.17) is 9.47 Å². The largest absolute Gasteiger partial charge is 0.417 e. The Kier molecular flexibility index (Phi) is 5.46. The number of benzene rings is 2. The van der Waals surface area contributed by atoms with Crippen LogP contribution in [-0.4, -0.2) is 42.8 Å². The van der Waals surface area contributed by atoms with Crippen molar-refractivity contribution in [3.63, 3.8) is 0 Å². The van der Waals surface area contributed by atoms with E-state index in [1.807, 2.05) is 6.07 Å². The molecule has 0 N–H and O–H groups in total. The Morgan fingerprint density at radius 3 is 2.38 bits per heavy atom. The number of carbonyl (C=O) groups is 1. The van der Waals surface area contributed by atoms with Gasteiger partial charge in [0.2, 0.25) is 0 Å². The third-order valence-corrected chi connectivity index (χ3v) is 5.50. The van der Waals surface area contributed by atoms with Crippen molar-refractivity contribution in [3.05, 3.63) is 70.8 Å². The van der Waals surface area contributed by atoms with Gasteiger partial charge in [-0.25, -0.2) is 0 Å². The van der Waals surface area contributed by atoms with Crippen molar-refractivity contribution in [1.29, 1.82) is 0 Å². The number of carbonyl (C=O) groups excluding carboxylic acids is 1. The van der Waals surface area contributed by atoms with Crippen LogP contribution in [-0.2, 0) is 22.2 Å². The van der Waals surface area contributed by atoms with Crippen LogP contribution in [0.15, 0.2) is 48.5 Å². The van der Waals surface area contributed by atoms with Gasteiger partial charge in [-0.05, 0) is 17.7 Å². The molecular weight excluding hydrogens is 383 g/mol. The number of ketones is 1. The van der Waals surface area contributed by atoms with E-state index in [9.17, 15) is 18.0 Å². The summed E-state index contributed by atoms with van der Waals surface area (Å²) in [4.78, 5) is 15.0. The first-order valence-corrected chi connectivity index (χ1v) is 9.66. The average molecular weight is 405 g/mol. The number of piperidine rings is 1. The molecule has 154 valence electrons. The van der Waals surface area contributed by atoms with Crippen LogP contribution >= 0.6 is 0 Å². The molecule has 4 nitrogen and oxygen atoms in total. The maximum Gasteiger partial charge on any atom is 0.417 e. The minimum Gasteiger partial charge on any atom is -0.347 e. The van der Waals surface area contributed by atoms with Gasteiger partial charge in [-0.1, -0.05) is 36.4 Å². The molecule has 2 aromatic rings. The molecule has 0 radical (unpaired) electrons. The molecule has 0 amide bonds. The molecule has 2 aliphatic heterocycles. The fourth-order valence-electron chi connectivity index (χ4n) is 3.99. The van der Waals surface area contributed by atoms with E-state index < -0.39 is 23.3 Å². The van der Waals surface area contributed by atoms with Crippen molar-refractivity contribution < 1.29 is 27.4 Å². The Balaban J connectivity index is 1.48. The number of hydrogen-bond donors (Lipinski definition) is 0. The highest BCUT2D eigenvalue weighted by Gasteiger charge is 2.39. The van der Waals surface area contributed by atoms with Crippen LogP contribution in [0.5, 0.6) is 0 Å². The van der Waals surface area contributed by atoms with E-state index in [0.717, 1.165) is 37.6 Å². The van der Waals surface area contributed by atoms with Crippen LogP contribution in [0.25, 0.3) is 0 Å². The first-order valence-electron chi connectivity index (χ1n) is 9.66. The molecular formula is C22H22F3NO3. The summed E-state index contributed by atoms with van der Waals surface area (Å²) in [5.41, 5.74) is -0.0828. The molecule has 0 atom stereocenters. The lowest BCUT2D eigenvalue weighted by atomic mass is 9.96. The lowest BCUT2D eigenvalue weighted by molar-refractivity contribution is -0.185. The standard InChI is InChI=1S/C22H22F3NO3/c23-22(24,25)19-7-2-1-6-18(19)20(27)17-5-3-4-16(14-17)15-26-10-8-21(9-11-26)28-12-13-29-21/h1-7,14H,8-13,15H2. The molecule has 1 spiro atoms. The van der Waals surface area contributed by atoms with Crippen LogP contribution in [0.4, 0.5) is 13.2 Å². The Bertz CT molecular complexity index is 881. The minimum absolute atomic E-state index is 0.259. The number of nitrogens with zero attached hydrogens (tertiary/aromatic N) is 1. The number of rotatable bonds is 4. The quantitative estimate of drug-likeness (QED) is 0.712. The molecule has 0 unspecified atom stereocenters. The second kappa shape index (κ2) is 7.89. The third kappa shape index (κ3) is 4.37. The van der Waals surface area contributed by atoms with E-state index in [0.29, 0.717) is 19.8 Å². The first-order chi connectivity index (χ1) is 13.9. The monoisotopic (exact) mass is 405 g/mol. The molecule has 0 aliphatic carbocycles. The SMILES string of the molecule is O=C(c1cccc(CN2CCC3(CC2)OCCO3)c1)c1ccccc1C(F)(F)F. The fraction of sp³-hybridized carbons (Fsp3) is 0.409. The Morgan fingerprint density at radius 2 is 1.69 bits per heavy atom. The van der Waals surface area contributed by atoms with Gasteiger partial charge in [0.25, 0.3) is 0 Å². The average Bonchev–Trinajstić information content (AvgIpc) is 3.17. The Labute approximate surface area is 167 Å². The van der Waals surface area contributed by atoms with Gasteiger partial charge in [-0.3, -0.25) is 9.69 Å². The zero-order valence-electron chi connectivity index (χ0n) is 15.9. The molecule has 2 fully saturated rings. The van der Waals surface area contributed by atoms with E-state index in [1.54, 1.807) is 18.2 Å². The van der Waals surface area contributed by atoms with Crippen LogP contribution in [0.1, 0.15) is 39.9 Å². The van der Waals surface area contributed by atoms with Gasteiger partial charge < -0.3 is 9.47 Å². The molecule has 0 aromatic heterocycles. The molecule has 2 saturated heterocycles. The molecule has 2 aliphatic rings. The zero-order chi connectivity index (χ0) is 20.5. The maximum absolute atomic E-state index is 13.3. The lowest BCUT2D eigenvalue weighted by Gasteiger charge is -2.37. The Hall–Kier alpha value is -2.22. The Morgan fingerprint density at radius 1 is 1.00 bits per heavy atom. The van der Waals surface area contributed by atoms with Crippen LogP contribution in [0.3, 0.4) is 0 Å². The van der Waals surface area contributed by atoms with Crippen LogP contribution in [0.2, 0.25) is 0 Å². The second-order valence-electron chi connectivity index (χ2n) is 7.46. The highest BCUT2D eigenvalue weighted by atomic mass is 19.4. The van der Waals surface area contributed by atoms with Gasteiger partial charge in [-0.2, -0.15) is 13.2 Å². The minimum atomic E-state index is -4.57. The highest BCUT2D eigenvalue weighted by molar-refractivity contribution is 6.10. The van der Waals surface area contributed by atoms with Crippen molar-refractivity contribution in [2.45, 2.75) is 31.3 Å². The summed E-state index contributed by atoms with van der Waals surface area (Å²) in [7, 11) is 0. The van der Waals surface area contributed by atoms with Crippen molar-refractivity contribution in [2.24, 2.45) is 0 Å². The smallest absolute Gasteiger partial charge is 0.347 e. The molecule has 4 rings (SSSR count). The van der Waals surface area contributed by atoms with Gasteiger partial charge in [-0.15, -0.1) is 0 Å². The summed E-state index contributed by atoms with van der Waals surface area (Å²) in [5, 5.41) is 0. The number of alkyl halides is 3. The zero-order valence-corrected chi connectivity index (χ0v) is 15.9. The second-order valence-corrected chi connectivity index (χ2v) is 7.46. The van der Waals surface area contributed by atoms with Crippen LogP contribution in [0, 0.1) is 0 Å². The van der Waals surface area contributed by atoms with Crippen molar-refractivity contribution in [2.75, 3.05) is 26.3 Å². The van der Waals surface area contributed by atoms with Gasteiger partial charge >= 0.3 is 6.18 Å². The summed E-state index contributed by atoms with van der Waals surface area (Å²) in [6.07, 6.45) is -3.01. The highest BCUT2D eigenvalue weighted by Crippen LogP contribution is 2.33. The summed E-state index contributed by atoms with van der Waals surface area (Å²) in [6, 6.07) is 11.7. The molecule has 0 saturated carbocycles. The fourth-order valence-corrected chi connectivity index (χ4v) is 3.99. The van der Waals surface area contributed by atoms with Gasteiger partial charge in [0.05, 0.1) is 18.8 Å². The van der Waals surface area contributed by atoms with Crippen LogP contribution < -0.4 is 0 Å². The normalized spacial score (nSPS) is 19.6. The van der Waals surface area contributed by atoms with E-state index in [2.05, 4.69) is 4.90 Å². The van der Waals surface area contributed by atoms with E-state index >= 15 is 0 Å². The molecule has 2 aromatic carbocycles. The predicted octanol–water partition coefficient (Wildman–Crippen LogP) is 4.28. The molecule has 2 heterocycles. The number of likely N-dealkylation sites (tertiary alicyclic amines) is 1. The van der Waals surface area contributed by atoms with Gasteiger partial charge in [0.1, 0.15) is 0 Å². The number of halogens is 3. The van der Waals surface area contributed by atoms with Crippen molar-refractivity contribution in [3.8, 4) is 0 Å². The van der Waals surface area contributed by atoms with E-state index in [-0.39, 0.29) is 11.1 Å². The summed E-state index contributed by atoms with van der Waals surface area (Å²) in [6.45, 7) is 3.48. The van der Waals surface area contributed by atoms with Crippen molar-refractivity contribution >= 4 is 5.78 Å². The summed E-state index contributed by atoms with van der Waals surface area (Å²) in [5.74, 6) is -1.07. The first kappa shape index (κ1) is 20.1. The van der Waals surface area contributed by atoms with Gasteiger partial charge in [0.15, 0.2) is 11.6 Å². The third-order valence-electron chi connectivity index (χ3n) is 5.50. The number of hydrogen-bond acceptors (Lipinski definition) is 4. The predicted molar refractivity (Wildman–Crippen MR) is 100 cm³/mol. The van der Waals surface area contributed by atoms with E-state index in [1.165, 1.54) is 18.2 Å². The number of ether oxygens (including phenoxy) is 2. The summed E-state index contributed by atoms with van der Waals surface area (Å²) >= 11 is 0. The lowest BCUT2D eigenvalue weighted by Crippen LogP contribution is -2.44. The van der Waals surface area contributed by atoms with Gasteiger partial charge in [0, 0.05) is 43.6 Å². The molecule has 0 bridgehead atoms. The maximum atomic E-state index is 13.3. The molecule has 7 heteroatoms. The topological polar surface area (TPSA) is 38.8 Å². The van der Waals surface area contributed by atoms with Crippen molar-refractivity contribution in [1.82, 2.24) is 4.90 Å².